The number of methoxy groups -OCH3 is 1. The van der Waals surface area contributed by atoms with Gasteiger partial charge in [-0.15, -0.1) is 0 Å². The lowest BCUT2D eigenvalue weighted by Crippen LogP contribution is -2.35. The van der Waals surface area contributed by atoms with Gasteiger partial charge in [-0.05, 0) is 11.1 Å². The summed E-state index contributed by atoms with van der Waals surface area (Å²) in [6, 6.07) is 8.71. The minimum absolute atomic E-state index is 0.242. The van der Waals surface area contributed by atoms with E-state index in [9.17, 15) is 13.4 Å². The number of pyridine rings is 1. The molecule has 0 saturated carbocycles. The molecule has 9 heteroatoms. The summed E-state index contributed by atoms with van der Waals surface area (Å²) in [6.07, 6.45) is 2.91. The Labute approximate surface area is 177 Å². The van der Waals surface area contributed by atoms with Gasteiger partial charge in [-0.2, -0.15) is 0 Å². The van der Waals surface area contributed by atoms with E-state index in [1.807, 2.05) is 26.0 Å². The lowest BCUT2D eigenvalue weighted by molar-refractivity contribution is -0.118. The third kappa shape index (κ3) is 5.63. The average molecular weight is 436 g/mol. The van der Waals surface area contributed by atoms with Crippen molar-refractivity contribution in [2.45, 2.75) is 38.0 Å². The topological polar surface area (TPSA) is 104 Å². The third-order valence-corrected chi connectivity index (χ3v) is 5.72. The molecule has 7 nitrogen and oxygen atoms in total. The van der Waals surface area contributed by atoms with Crippen LogP contribution in [0.1, 0.15) is 32.3 Å². The first-order valence-corrected chi connectivity index (χ1v) is 11.2. The van der Waals surface area contributed by atoms with Crippen LogP contribution in [0.4, 0.5) is 4.39 Å². The maximum absolute atomic E-state index is 14.1. The molecule has 3 rings (SSSR count). The Bertz CT molecular complexity index is 920. The van der Waals surface area contributed by atoms with Crippen LogP contribution in [0.5, 0.6) is 5.88 Å². The number of rotatable bonds is 7. The summed E-state index contributed by atoms with van der Waals surface area (Å²) in [5, 5.41) is 3.30. The minimum Gasteiger partial charge on any atom is -0.481 e. The van der Waals surface area contributed by atoms with Gasteiger partial charge < -0.3 is 15.3 Å². The Balaban J connectivity index is 0.00000155. The minimum atomic E-state index is -1.37. The van der Waals surface area contributed by atoms with Gasteiger partial charge in [0, 0.05) is 41.5 Å². The highest BCUT2D eigenvalue weighted by Crippen LogP contribution is 2.27. The highest BCUT2D eigenvalue weighted by molar-refractivity contribution is 7.85. The standard InChI is InChI=1S/C19H20FN3O4S.C2H6/c1-26-18-9-14(15(20)10-22-18)11-3-5-12(6-4-11)16-7-13(27-23-16)8-17(19(21)24)28(2)25;1-2/h3-6,9-10,13,17H,7-8H2,1-2H3,(H2,21,24);1-2H3/t13-,17?,28?;/m1./s1. The number of aromatic nitrogens is 1. The van der Waals surface area contributed by atoms with Crippen LogP contribution in [0.3, 0.4) is 0 Å². The highest BCUT2D eigenvalue weighted by Gasteiger charge is 2.30. The average Bonchev–Trinajstić information content (AvgIpc) is 3.22. The normalized spacial score (nSPS) is 17.1. The van der Waals surface area contributed by atoms with E-state index >= 15 is 0 Å². The number of nitrogens with zero attached hydrogens (tertiary/aromatic N) is 2. The van der Waals surface area contributed by atoms with Gasteiger partial charge in [0.1, 0.15) is 17.2 Å². The predicted octanol–water partition coefficient (Wildman–Crippen LogP) is 3.04. The number of amides is 1. The van der Waals surface area contributed by atoms with Crippen LogP contribution in [0, 0.1) is 5.82 Å². The summed E-state index contributed by atoms with van der Waals surface area (Å²) >= 11 is 0. The van der Waals surface area contributed by atoms with Gasteiger partial charge in [-0.1, -0.05) is 43.3 Å². The molecule has 1 aliphatic rings. The van der Waals surface area contributed by atoms with E-state index in [1.165, 1.54) is 19.4 Å². The molecular weight excluding hydrogens is 409 g/mol. The van der Waals surface area contributed by atoms with Gasteiger partial charge in [-0.3, -0.25) is 9.00 Å². The molecular formula is C21H26FN3O4S. The SMILES string of the molecule is CC.COc1cc(-c2ccc(C3=NO[C@@H](CC(C(N)=O)S(C)=O)C3)cc2)c(F)cn1. The van der Waals surface area contributed by atoms with E-state index in [1.54, 1.807) is 12.1 Å². The molecule has 2 N–H and O–H groups in total. The molecule has 1 aromatic carbocycles. The first-order chi connectivity index (χ1) is 14.4. The van der Waals surface area contributed by atoms with Gasteiger partial charge in [0.05, 0.1) is 19.0 Å². The van der Waals surface area contributed by atoms with E-state index in [2.05, 4.69) is 10.1 Å². The smallest absolute Gasteiger partial charge is 0.233 e. The van der Waals surface area contributed by atoms with Crippen molar-refractivity contribution in [2.24, 2.45) is 10.9 Å². The fourth-order valence-corrected chi connectivity index (χ4v) is 3.79. The predicted molar refractivity (Wildman–Crippen MR) is 115 cm³/mol. The number of hydrogen-bond acceptors (Lipinski definition) is 6. The number of carbonyl (C=O) groups is 1. The summed E-state index contributed by atoms with van der Waals surface area (Å²) in [4.78, 5) is 20.6. The second-order valence-electron chi connectivity index (χ2n) is 6.38. The number of ether oxygens (including phenoxy) is 1. The number of oxime groups is 1. The molecule has 0 saturated heterocycles. The van der Waals surface area contributed by atoms with Gasteiger partial charge in [0.15, 0.2) is 0 Å². The van der Waals surface area contributed by atoms with Crippen LogP contribution >= 0.6 is 0 Å². The monoisotopic (exact) mass is 435 g/mol. The van der Waals surface area contributed by atoms with E-state index in [0.717, 1.165) is 11.8 Å². The Kier molecular flexibility index (Phi) is 8.46. The molecule has 2 heterocycles. The van der Waals surface area contributed by atoms with E-state index in [-0.39, 0.29) is 12.5 Å². The number of primary amides is 1. The van der Waals surface area contributed by atoms with Crippen molar-refractivity contribution in [1.29, 1.82) is 0 Å². The summed E-state index contributed by atoms with van der Waals surface area (Å²) in [5.41, 5.74) is 7.88. The number of halogens is 1. The molecule has 0 spiro atoms. The lowest BCUT2D eigenvalue weighted by Gasteiger charge is -2.14. The van der Waals surface area contributed by atoms with Crippen molar-refractivity contribution in [3.8, 4) is 17.0 Å². The second kappa shape index (κ2) is 10.8. The van der Waals surface area contributed by atoms with Crippen molar-refractivity contribution in [3.05, 3.63) is 47.9 Å². The van der Waals surface area contributed by atoms with Crippen LogP contribution in [-0.4, -0.2) is 45.5 Å². The molecule has 1 amide bonds. The van der Waals surface area contributed by atoms with Gasteiger partial charge in [0.2, 0.25) is 11.8 Å². The molecule has 0 bridgehead atoms. The molecule has 0 fully saturated rings. The fraction of sp³-hybridized carbons (Fsp3) is 0.381. The first kappa shape index (κ1) is 23.5. The molecule has 3 atom stereocenters. The van der Waals surface area contributed by atoms with Gasteiger partial charge in [0.25, 0.3) is 0 Å². The maximum atomic E-state index is 14.1. The van der Waals surface area contributed by atoms with Gasteiger partial charge in [-0.25, -0.2) is 9.37 Å². The molecule has 0 aliphatic carbocycles. The van der Waals surface area contributed by atoms with Crippen molar-refractivity contribution in [2.75, 3.05) is 13.4 Å². The van der Waals surface area contributed by atoms with Crippen LogP contribution < -0.4 is 10.5 Å². The zero-order chi connectivity index (χ0) is 22.3. The number of nitrogens with two attached hydrogens (primary N) is 1. The van der Waals surface area contributed by atoms with Crippen molar-refractivity contribution in [3.63, 3.8) is 0 Å². The number of hydrogen-bond donors (Lipinski definition) is 1. The molecule has 162 valence electrons. The van der Waals surface area contributed by atoms with Gasteiger partial charge >= 0.3 is 0 Å². The zero-order valence-corrected chi connectivity index (χ0v) is 18.2. The molecule has 1 aliphatic heterocycles. The van der Waals surface area contributed by atoms with Crippen molar-refractivity contribution in [1.82, 2.24) is 4.98 Å². The highest BCUT2D eigenvalue weighted by atomic mass is 32.2. The van der Waals surface area contributed by atoms with Crippen LogP contribution in [0.2, 0.25) is 0 Å². The fourth-order valence-electron chi connectivity index (χ4n) is 2.97. The number of benzene rings is 1. The Hall–Kier alpha value is -2.81. The Morgan fingerprint density at radius 1 is 1.33 bits per heavy atom. The molecule has 1 aromatic heterocycles. The Morgan fingerprint density at radius 2 is 1.97 bits per heavy atom. The van der Waals surface area contributed by atoms with E-state index in [0.29, 0.717) is 29.1 Å². The van der Waals surface area contributed by atoms with Crippen LogP contribution in [0.25, 0.3) is 11.1 Å². The lowest BCUT2D eigenvalue weighted by atomic mass is 9.99. The quantitative estimate of drug-likeness (QED) is 0.720. The summed E-state index contributed by atoms with van der Waals surface area (Å²) in [5.74, 6) is -0.730. The molecule has 30 heavy (non-hydrogen) atoms. The summed E-state index contributed by atoms with van der Waals surface area (Å²) in [6.45, 7) is 4.00. The van der Waals surface area contributed by atoms with Crippen molar-refractivity contribution >= 4 is 22.4 Å². The van der Waals surface area contributed by atoms with E-state index in [4.69, 9.17) is 15.3 Å². The van der Waals surface area contributed by atoms with E-state index < -0.39 is 27.8 Å². The second-order valence-corrected chi connectivity index (χ2v) is 7.94. The Morgan fingerprint density at radius 3 is 2.53 bits per heavy atom. The van der Waals surface area contributed by atoms with Crippen molar-refractivity contribution < 1.29 is 23.0 Å². The largest absolute Gasteiger partial charge is 0.481 e. The first-order valence-electron chi connectivity index (χ1n) is 9.53. The van der Waals surface area contributed by atoms with Crippen LogP contribution in [0.15, 0.2) is 41.7 Å². The zero-order valence-electron chi connectivity index (χ0n) is 17.4. The third-order valence-electron chi connectivity index (χ3n) is 4.50. The molecule has 0 radical (unpaired) electrons. The molecule has 2 unspecified atom stereocenters. The number of carbonyl (C=O) groups excluding carboxylic acids is 1. The maximum Gasteiger partial charge on any atom is 0.233 e. The van der Waals surface area contributed by atoms with Crippen LogP contribution in [-0.2, 0) is 20.4 Å². The summed E-state index contributed by atoms with van der Waals surface area (Å²) < 4.78 is 30.8. The molecule has 2 aromatic rings. The summed E-state index contributed by atoms with van der Waals surface area (Å²) in [7, 11) is 0.0999.